The molecule has 4 rings (SSSR count). The number of aromatic amines is 1. The molecule has 2 heterocycles. The summed E-state index contributed by atoms with van der Waals surface area (Å²) in [6, 6.07) is 21.3. The Labute approximate surface area is 180 Å². The predicted octanol–water partition coefficient (Wildman–Crippen LogP) is 5.42. The molecule has 0 bridgehead atoms. The summed E-state index contributed by atoms with van der Waals surface area (Å²) in [5.41, 5.74) is 3.37. The molecule has 0 saturated carbocycles. The molecule has 0 atom stereocenters. The van der Waals surface area contributed by atoms with Crippen molar-refractivity contribution in [1.29, 1.82) is 0 Å². The lowest BCUT2D eigenvalue weighted by atomic mass is 10.1. The van der Waals surface area contributed by atoms with E-state index in [4.69, 9.17) is 14.1 Å². The maximum absolute atomic E-state index is 11.9. The highest BCUT2D eigenvalue weighted by molar-refractivity contribution is 5.77. The summed E-state index contributed by atoms with van der Waals surface area (Å²) in [6.07, 6.45) is -0.486. The monoisotopic (exact) mass is 416 g/mol. The van der Waals surface area contributed by atoms with Gasteiger partial charge in [0.05, 0.1) is 5.69 Å². The van der Waals surface area contributed by atoms with Gasteiger partial charge < -0.3 is 14.5 Å². The first kappa shape index (κ1) is 20.4. The Morgan fingerprint density at radius 3 is 2.32 bits per heavy atom. The van der Waals surface area contributed by atoms with E-state index in [1.807, 2.05) is 81.4 Å². The molecular weight excluding hydrogens is 392 g/mol. The molecule has 0 spiro atoms. The van der Waals surface area contributed by atoms with E-state index in [1.165, 1.54) is 0 Å². The van der Waals surface area contributed by atoms with E-state index in [9.17, 15) is 4.79 Å². The van der Waals surface area contributed by atoms with Gasteiger partial charge in [0, 0.05) is 16.7 Å². The van der Waals surface area contributed by atoms with Gasteiger partial charge in [-0.15, -0.1) is 0 Å². The Morgan fingerprint density at radius 2 is 1.68 bits per heavy atom. The summed E-state index contributed by atoms with van der Waals surface area (Å²) in [5.74, 6) is 1.06. The van der Waals surface area contributed by atoms with Crippen LogP contribution >= 0.6 is 0 Å². The molecule has 31 heavy (non-hydrogen) atoms. The molecule has 0 saturated heterocycles. The van der Waals surface area contributed by atoms with Crippen LogP contribution in [-0.2, 0) is 11.3 Å². The fraction of sp³-hybridized carbons (Fsp3) is 0.208. The number of amides is 1. The maximum atomic E-state index is 11.9. The van der Waals surface area contributed by atoms with Crippen LogP contribution in [-0.4, -0.2) is 26.8 Å². The fourth-order valence-corrected chi connectivity index (χ4v) is 3.03. The van der Waals surface area contributed by atoms with Gasteiger partial charge in [-0.2, -0.15) is 5.10 Å². The van der Waals surface area contributed by atoms with E-state index in [2.05, 4.69) is 15.5 Å². The van der Waals surface area contributed by atoms with Crippen LogP contribution < -0.4 is 5.32 Å². The number of benzene rings is 2. The number of aromatic nitrogens is 3. The van der Waals surface area contributed by atoms with Crippen LogP contribution in [0.15, 0.2) is 71.1 Å². The lowest BCUT2D eigenvalue weighted by Crippen LogP contribution is -2.40. The second-order valence-electron chi connectivity index (χ2n) is 8.16. The SMILES string of the molecule is CC(C)(C)NC(=O)OCc1cc(-c2oc(-c3ccccc3)nc2-c2ccccc2)n[nH]1. The number of hydrogen-bond acceptors (Lipinski definition) is 5. The molecule has 0 aliphatic carbocycles. The minimum atomic E-state index is -0.486. The highest BCUT2D eigenvalue weighted by Crippen LogP contribution is 2.35. The molecule has 0 aliphatic rings. The molecule has 4 aromatic rings. The predicted molar refractivity (Wildman–Crippen MR) is 118 cm³/mol. The molecule has 0 aliphatic heterocycles. The first-order valence-corrected chi connectivity index (χ1v) is 10.0. The Balaban J connectivity index is 1.62. The smallest absolute Gasteiger partial charge is 0.407 e. The van der Waals surface area contributed by atoms with E-state index in [0.29, 0.717) is 28.7 Å². The van der Waals surface area contributed by atoms with Crippen LogP contribution in [0.1, 0.15) is 26.5 Å². The summed E-state index contributed by atoms with van der Waals surface area (Å²) in [5, 5.41) is 10.0. The Kier molecular flexibility index (Phi) is 5.58. The molecule has 158 valence electrons. The van der Waals surface area contributed by atoms with Gasteiger partial charge in [0.15, 0.2) is 5.76 Å². The maximum Gasteiger partial charge on any atom is 0.407 e. The topological polar surface area (TPSA) is 93.0 Å². The number of oxazole rings is 1. The van der Waals surface area contributed by atoms with E-state index in [-0.39, 0.29) is 12.1 Å². The Bertz CT molecular complexity index is 1160. The first-order chi connectivity index (χ1) is 14.9. The van der Waals surface area contributed by atoms with Crippen molar-refractivity contribution in [1.82, 2.24) is 20.5 Å². The van der Waals surface area contributed by atoms with Crippen molar-refractivity contribution >= 4 is 6.09 Å². The Hall–Kier alpha value is -3.87. The second kappa shape index (κ2) is 8.47. The van der Waals surface area contributed by atoms with Crippen LogP contribution in [0.4, 0.5) is 4.79 Å². The molecule has 7 nitrogen and oxygen atoms in total. The van der Waals surface area contributed by atoms with Gasteiger partial charge in [0.25, 0.3) is 0 Å². The third kappa shape index (κ3) is 5.01. The summed E-state index contributed by atoms with van der Waals surface area (Å²) < 4.78 is 11.4. The first-order valence-electron chi connectivity index (χ1n) is 10.0. The quantitative estimate of drug-likeness (QED) is 0.453. The third-order valence-corrected chi connectivity index (χ3v) is 4.39. The number of rotatable bonds is 5. The number of hydrogen-bond donors (Lipinski definition) is 2. The van der Waals surface area contributed by atoms with E-state index >= 15 is 0 Å². The largest absolute Gasteiger partial charge is 0.443 e. The van der Waals surface area contributed by atoms with Gasteiger partial charge in [-0.25, -0.2) is 9.78 Å². The lowest BCUT2D eigenvalue weighted by molar-refractivity contribution is 0.130. The number of nitrogens with zero attached hydrogens (tertiary/aromatic N) is 2. The van der Waals surface area contributed by atoms with E-state index in [0.717, 1.165) is 11.1 Å². The summed E-state index contributed by atoms with van der Waals surface area (Å²) in [4.78, 5) is 16.6. The van der Waals surface area contributed by atoms with Crippen LogP contribution in [0, 0.1) is 0 Å². The molecule has 2 N–H and O–H groups in total. The van der Waals surface area contributed by atoms with Crippen LogP contribution in [0.2, 0.25) is 0 Å². The van der Waals surface area contributed by atoms with Crippen molar-refractivity contribution in [3.8, 4) is 34.2 Å². The van der Waals surface area contributed by atoms with Crippen molar-refractivity contribution in [2.24, 2.45) is 0 Å². The minimum absolute atomic E-state index is 0.0647. The van der Waals surface area contributed by atoms with Crippen molar-refractivity contribution < 1.29 is 13.9 Å². The number of H-pyrrole nitrogens is 1. The molecule has 2 aromatic carbocycles. The summed E-state index contributed by atoms with van der Waals surface area (Å²) in [7, 11) is 0. The van der Waals surface area contributed by atoms with Gasteiger partial charge >= 0.3 is 6.09 Å². The highest BCUT2D eigenvalue weighted by Gasteiger charge is 2.21. The Morgan fingerprint density at radius 1 is 1.03 bits per heavy atom. The van der Waals surface area contributed by atoms with Crippen LogP contribution in [0.5, 0.6) is 0 Å². The van der Waals surface area contributed by atoms with Gasteiger partial charge in [-0.1, -0.05) is 48.5 Å². The van der Waals surface area contributed by atoms with Gasteiger partial charge in [-0.05, 0) is 39.0 Å². The zero-order chi connectivity index (χ0) is 21.8. The molecule has 2 aromatic heterocycles. The lowest BCUT2D eigenvalue weighted by Gasteiger charge is -2.19. The molecule has 0 radical (unpaired) electrons. The number of carbonyl (C=O) groups is 1. The molecule has 0 fully saturated rings. The molecule has 7 heteroatoms. The average Bonchev–Trinajstić information content (AvgIpc) is 3.39. The average molecular weight is 416 g/mol. The van der Waals surface area contributed by atoms with Crippen molar-refractivity contribution in [2.45, 2.75) is 32.9 Å². The van der Waals surface area contributed by atoms with Crippen molar-refractivity contribution in [3.05, 3.63) is 72.4 Å². The number of ether oxygens (including phenoxy) is 1. The van der Waals surface area contributed by atoms with E-state index < -0.39 is 6.09 Å². The van der Waals surface area contributed by atoms with Crippen LogP contribution in [0.3, 0.4) is 0 Å². The van der Waals surface area contributed by atoms with Gasteiger partial charge in [0.1, 0.15) is 18.0 Å². The zero-order valence-electron chi connectivity index (χ0n) is 17.7. The van der Waals surface area contributed by atoms with Gasteiger partial charge in [0.2, 0.25) is 5.89 Å². The zero-order valence-corrected chi connectivity index (χ0v) is 17.7. The standard InChI is InChI=1S/C24H24N4O3/c1-24(2,3)26-23(29)30-15-18-14-19(28-27-18)21-20(16-10-6-4-7-11-16)25-22(31-21)17-12-8-5-9-13-17/h4-14H,15H2,1-3H3,(H,26,29)(H,27,28). The van der Waals surface area contributed by atoms with Crippen molar-refractivity contribution in [3.63, 3.8) is 0 Å². The molecule has 1 amide bonds. The summed E-state index contributed by atoms with van der Waals surface area (Å²) in [6.45, 7) is 5.74. The van der Waals surface area contributed by atoms with Crippen molar-refractivity contribution in [2.75, 3.05) is 0 Å². The number of nitrogens with one attached hydrogen (secondary N) is 2. The summed E-state index contributed by atoms with van der Waals surface area (Å²) >= 11 is 0. The van der Waals surface area contributed by atoms with Gasteiger partial charge in [-0.3, -0.25) is 5.10 Å². The fourth-order valence-electron chi connectivity index (χ4n) is 3.03. The highest BCUT2D eigenvalue weighted by atomic mass is 16.5. The third-order valence-electron chi connectivity index (χ3n) is 4.39. The number of carbonyl (C=O) groups excluding carboxylic acids is 1. The van der Waals surface area contributed by atoms with E-state index in [1.54, 1.807) is 6.07 Å². The molecule has 0 unspecified atom stereocenters. The number of alkyl carbamates (subject to hydrolysis) is 1. The van der Waals surface area contributed by atoms with Crippen LogP contribution in [0.25, 0.3) is 34.2 Å². The molecular formula is C24H24N4O3. The normalized spacial score (nSPS) is 11.3. The minimum Gasteiger partial charge on any atom is -0.443 e. The second-order valence-corrected chi connectivity index (χ2v) is 8.16.